The Morgan fingerprint density at radius 1 is 1.50 bits per heavy atom. The average molecular weight is 223 g/mol. The van der Waals surface area contributed by atoms with Crippen LogP contribution in [0.2, 0.25) is 0 Å². The molecule has 0 amide bonds. The van der Waals surface area contributed by atoms with E-state index in [9.17, 15) is 0 Å². The van der Waals surface area contributed by atoms with E-state index in [1.807, 2.05) is 0 Å². The molecule has 0 aromatic heterocycles. The molecule has 16 heavy (non-hydrogen) atoms. The monoisotopic (exact) mass is 223 g/mol. The lowest BCUT2D eigenvalue weighted by Gasteiger charge is -2.33. The molecule has 1 saturated heterocycles. The number of rotatable bonds is 5. The lowest BCUT2D eigenvalue weighted by molar-refractivity contribution is 0.206. The highest BCUT2D eigenvalue weighted by Crippen LogP contribution is 2.21. The minimum absolute atomic E-state index is 0.242. The summed E-state index contributed by atoms with van der Waals surface area (Å²) in [5, 5.41) is 12.3. The minimum atomic E-state index is 0.242. The van der Waals surface area contributed by atoms with Gasteiger partial charge in [0.2, 0.25) is 0 Å². The molecule has 3 heteroatoms. The molecule has 0 radical (unpaired) electrons. The minimum Gasteiger partial charge on any atom is -0.312 e. The maximum atomic E-state index is 8.60. The van der Waals surface area contributed by atoms with Crippen LogP contribution in [0.15, 0.2) is 0 Å². The maximum Gasteiger partial charge on any atom is 0.0621 e. The van der Waals surface area contributed by atoms with Gasteiger partial charge in [0.05, 0.1) is 6.07 Å². The standard InChI is InChI=1S/C13H25N3/c1-13(2,7-5-8-14)11-15-12-6-4-9-16(3)10-12/h12,15H,4-7,9-11H2,1-3H3. The second-order valence-electron chi connectivity index (χ2n) is 5.80. The van der Waals surface area contributed by atoms with E-state index in [0.29, 0.717) is 12.5 Å². The molecule has 1 fully saturated rings. The first-order chi connectivity index (χ1) is 7.53. The van der Waals surface area contributed by atoms with Crippen LogP contribution in [-0.4, -0.2) is 37.6 Å². The van der Waals surface area contributed by atoms with Gasteiger partial charge in [-0.15, -0.1) is 0 Å². The van der Waals surface area contributed by atoms with Crippen molar-refractivity contribution in [2.45, 2.75) is 45.6 Å². The fourth-order valence-electron chi connectivity index (χ4n) is 2.24. The quantitative estimate of drug-likeness (QED) is 0.775. The number of nitriles is 1. The number of hydrogen-bond acceptors (Lipinski definition) is 3. The SMILES string of the molecule is CN1CCCC(NCC(C)(C)CCC#N)C1. The summed E-state index contributed by atoms with van der Waals surface area (Å²) in [5.41, 5.74) is 0.242. The first-order valence-electron chi connectivity index (χ1n) is 6.32. The summed E-state index contributed by atoms with van der Waals surface area (Å²) in [6, 6.07) is 2.87. The van der Waals surface area contributed by atoms with Crippen LogP contribution in [0.25, 0.3) is 0 Å². The van der Waals surface area contributed by atoms with Crippen molar-refractivity contribution in [3.05, 3.63) is 0 Å². The Balaban J connectivity index is 2.24. The molecule has 1 N–H and O–H groups in total. The largest absolute Gasteiger partial charge is 0.312 e. The van der Waals surface area contributed by atoms with Gasteiger partial charge in [-0.05, 0) is 38.3 Å². The molecule has 0 bridgehead atoms. The Labute approximate surface area is 99.8 Å². The summed E-state index contributed by atoms with van der Waals surface area (Å²) < 4.78 is 0. The Morgan fingerprint density at radius 3 is 2.88 bits per heavy atom. The smallest absolute Gasteiger partial charge is 0.0621 e. The average Bonchev–Trinajstić information content (AvgIpc) is 2.24. The van der Waals surface area contributed by atoms with Gasteiger partial charge in [-0.2, -0.15) is 5.26 Å². The summed E-state index contributed by atoms with van der Waals surface area (Å²) in [6.45, 7) is 7.89. The third-order valence-corrected chi connectivity index (χ3v) is 3.41. The van der Waals surface area contributed by atoms with Crippen LogP contribution < -0.4 is 5.32 Å². The first kappa shape index (κ1) is 13.5. The Hall–Kier alpha value is -0.590. The molecule has 3 nitrogen and oxygen atoms in total. The molecule has 1 aliphatic rings. The molecule has 0 aromatic rings. The zero-order valence-electron chi connectivity index (χ0n) is 10.9. The van der Waals surface area contributed by atoms with Crippen LogP contribution in [0, 0.1) is 16.7 Å². The second-order valence-corrected chi connectivity index (χ2v) is 5.80. The van der Waals surface area contributed by atoms with Crippen molar-refractivity contribution in [1.29, 1.82) is 5.26 Å². The highest BCUT2D eigenvalue weighted by Gasteiger charge is 2.21. The topological polar surface area (TPSA) is 39.1 Å². The van der Waals surface area contributed by atoms with Gasteiger partial charge < -0.3 is 10.2 Å². The van der Waals surface area contributed by atoms with Gasteiger partial charge in [-0.1, -0.05) is 13.8 Å². The third kappa shape index (κ3) is 4.96. The molecule has 0 aliphatic carbocycles. The molecule has 1 rings (SSSR count). The van der Waals surface area contributed by atoms with Crippen molar-refractivity contribution >= 4 is 0 Å². The number of likely N-dealkylation sites (tertiary alicyclic amines) is 1. The van der Waals surface area contributed by atoms with Gasteiger partial charge in [0.1, 0.15) is 0 Å². The lowest BCUT2D eigenvalue weighted by Crippen LogP contribution is -2.46. The van der Waals surface area contributed by atoms with Crippen LogP contribution in [-0.2, 0) is 0 Å². The fourth-order valence-corrected chi connectivity index (χ4v) is 2.24. The number of hydrogen-bond donors (Lipinski definition) is 1. The predicted octanol–water partition coefficient (Wildman–Crippen LogP) is 2.00. The van der Waals surface area contributed by atoms with Crippen molar-refractivity contribution in [1.82, 2.24) is 10.2 Å². The lowest BCUT2D eigenvalue weighted by atomic mass is 9.87. The van der Waals surface area contributed by atoms with Crippen molar-refractivity contribution in [2.24, 2.45) is 5.41 Å². The highest BCUT2D eigenvalue weighted by molar-refractivity contribution is 4.82. The van der Waals surface area contributed by atoms with E-state index in [2.05, 4.69) is 37.2 Å². The molecule has 1 unspecified atom stereocenters. The molecule has 0 spiro atoms. The van der Waals surface area contributed by atoms with E-state index in [1.54, 1.807) is 0 Å². The summed E-state index contributed by atoms with van der Waals surface area (Å²) >= 11 is 0. The van der Waals surface area contributed by atoms with E-state index >= 15 is 0 Å². The normalized spacial score (nSPS) is 23.0. The molecular formula is C13H25N3. The summed E-state index contributed by atoms with van der Waals surface area (Å²) in [4.78, 5) is 2.39. The highest BCUT2D eigenvalue weighted by atomic mass is 15.1. The summed E-state index contributed by atoms with van der Waals surface area (Å²) in [5.74, 6) is 0. The van der Waals surface area contributed by atoms with Crippen molar-refractivity contribution in [3.8, 4) is 6.07 Å². The van der Waals surface area contributed by atoms with Gasteiger partial charge in [0, 0.05) is 25.6 Å². The van der Waals surface area contributed by atoms with Crippen molar-refractivity contribution in [2.75, 3.05) is 26.7 Å². The van der Waals surface area contributed by atoms with E-state index < -0.39 is 0 Å². The maximum absolute atomic E-state index is 8.60. The van der Waals surface area contributed by atoms with E-state index in [0.717, 1.165) is 19.5 Å². The zero-order chi connectivity index (χ0) is 12.0. The molecule has 1 heterocycles. The number of likely N-dealkylation sites (N-methyl/N-ethyl adjacent to an activating group) is 1. The van der Waals surface area contributed by atoms with Crippen LogP contribution >= 0.6 is 0 Å². The van der Waals surface area contributed by atoms with E-state index in [4.69, 9.17) is 5.26 Å². The van der Waals surface area contributed by atoms with Crippen LogP contribution in [0.4, 0.5) is 0 Å². The number of piperidine rings is 1. The van der Waals surface area contributed by atoms with E-state index in [1.165, 1.54) is 19.4 Å². The molecule has 0 saturated carbocycles. The van der Waals surface area contributed by atoms with Crippen LogP contribution in [0.3, 0.4) is 0 Å². The van der Waals surface area contributed by atoms with Gasteiger partial charge in [0.15, 0.2) is 0 Å². The van der Waals surface area contributed by atoms with Crippen molar-refractivity contribution in [3.63, 3.8) is 0 Å². The fraction of sp³-hybridized carbons (Fsp3) is 0.923. The zero-order valence-corrected chi connectivity index (χ0v) is 10.9. The molecular weight excluding hydrogens is 198 g/mol. The molecule has 0 aromatic carbocycles. The Bertz CT molecular complexity index is 242. The predicted molar refractivity (Wildman–Crippen MR) is 67.1 cm³/mol. The number of nitrogens with zero attached hydrogens (tertiary/aromatic N) is 2. The molecule has 1 atom stereocenters. The molecule has 92 valence electrons. The third-order valence-electron chi connectivity index (χ3n) is 3.41. The van der Waals surface area contributed by atoms with Gasteiger partial charge >= 0.3 is 0 Å². The van der Waals surface area contributed by atoms with Gasteiger partial charge in [-0.25, -0.2) is 0 Å². The Morgan fingerprint density at radius 2 is 2.25 bits per heavy atom. The van der Waals surface area contributed by atoms with Gasteiger partial charge in [0.25, 0.3) is 0 Å². The second kappa shape index (κ2) is 6.22. The van der Waals surface area contributed by atoms with Crippen LogP contribution in [0.5, 0.6) is 0 Å². The van der Waals surface area contributed by atoms with Crippen molar-refractivity contribution < 1.29 is 0 Å². The van der Waals surface area contributed by atoms with Crippen LogP contribution in [0.1, 0.15) is 39.5 Å². The van der Waals surface area contributed by atoms with Gasteiger partial charge in [-0.3, -0.25) is 0 Å². The summed E-state index contributed by atoms with van der Waals surface area (Å²) in [7, 11) is 2.19. The van der Waals surface area contributed by atoms with E-state index in [-0.39, 0.29) is 5.41 Å². The summed E-state index contributed by atoms with van der Waals surface area (Å²) in [6.07, 6.45) is 4.24. The first-order valence-corrected chi connectivity index (χ1v) is 6.32. The number of nitrogens with one attached hydrogen (secondary N) is 1. The molecule has 1 aliphatic heterocycles. The Kier molecular flexibility index (Phi) is 5.24.